The molecule has 0 atom stereocenters. The number of hydrogen-bond acceptors (Lipinski definition) is 4. The fourth-order valence-electron chi connectivity index (χ4n) is 7.83. The van der Waals surface area contributed by atoms with Gasteiger partial charge in [0.2, 0.25) is 0 Å². The van der Waals surface area contributed by atoms with Crippen molar-refractivity contribution in [3.63, 3.8) is 0 Å². The molecular formula is C50H54Br2N4O2Zn. The normalized spacial score (nSPS) is 13.2. The van der Waals surface area contributed by atoms with Crippen LogP contribution in [0.3, 0.4) is 0 Å². The van der Waals surface area contributed by atoms with E-state index in [0.29, 0.717) is 0 Å². The zero-order valence-electron chi connectivity index (χ0n) is 37.0. The monoisotopic (exact) mass is 964 g/mol. The first-order chi connectivity index (χ1) is 27.0. The average molecular weight is 968 g/mol. The van der Waals surface area contributed by atoms with Gasteiger partial charge in [0, 0.05) is 31.2 Å². The van der Waals surface area contributed by atoms with Crippen molar-refractivity contribution in [1.82, 2.24) is 19.9 Å². The van der Waals surface area contributed by atoms with Crippen LogP contribution in [0.1, 0.15) is 128 Å². The molecule has 5 heterocycles. The van der Waals surface area contributed by atoms with Gasteiger partial charge in [-0.05, 0) is 124 Å². The van der Waals surface area contributed by atoms with Gasteiger partial charge in [0.15, 0.2) is 0 Å². The van der Waals surface area contributed by atoms with Crippen LogP contribution in [0.2, 0.25) is 0 Å². The number of methoxy groups -OCH3 is 2. The number of aromatic nitrogens is 4. The summed E-state index contributed by atoms with van der Waals surface area (Å²) >= 11 is 7.89. The van der Waals surface area contributed by atoms with Crippen molar-refractivity contribution in [3.05, 3.63) is 103 Å². The first kappa shape index (κ1) is 44.8. The van der Waals surface area contributed by atoms with Gasteiger partial charge in [0.1, 0.15) is 11.5 Å². The molecule has 0 saturated heterocycles. The van der Waals surface area contributed by atoms with E-state index in [0.717, 1.165) is 110 Å². The van der Waals surface area contributed by atoms with Crippen LogP contribution >= 0.6 is 31.9 Å². The summed E-state index contributed by atoms with van der Waals surface area (Å²) in [4.78, 5) is 21.2. The molecule has 2 aromatic carbocycles. The van der Waals surface area contributed by atoms with Crippen molar-refractivity contribution in [2.75, 3.05) is 14.2 Å². The van der Waals surface area contributed by atoms with Gasteiger partial charge in [-0.25, -0.2) is 9.97 Å². The van der Waals surface area contributed by atoms with E-state index in [4.69, 9.17) is 29.4 Å². The van der Waals surface area contributed by atoms with E-state index in [2.05, 4.69) is 188 Å². The smallest absolute Gasteiger partial charge is 0.656 e. The number of hydrogen-bond donors (Lipinski definition) is 0. The fourth-order valence-corrected chi connectivity index (χ4v) is 8.71. The molecule has 0 aliphatic carbocycles. The number of fused-ring (bicyclic) bond motifs is 8. The Morgan fingerprint density at radius 2 is 0.712 bits per heavy atom. The number of benzene rings is 2. The van der Waals surface area contributed by atoms with Crippen molar-refractivity contribution >= 4 is 78.2 Å². The number of nitrogens with zero attached hydrogens (tertiary/aromatic N) is 4. The summed E-state index contributed by atoms with van der Waals surface area (Å²) in [6, 6.07) is 17.3. The van der Waals surface area contributed by atoms with Crippen molar-refractivity contribution in [1.29, 1.82) is 0 Å². The first-order valence-electron chi connectivity index (χ1n) is 19.8. The van der Waals surface area contributed by atoms with E-state index in [-0.39, 0.29) is 41.1 Å². The van der Waals surface area contributed by atoms with Gasteiger partial charge in [0.05, 0.1) is 37.0 Å². The summed E-state index contributed by atoms with van der Waals surface area (Å²) in [7, 11) is 3.54. The molecule has 0 unspecified atom stereocenters. The summed E-state index contributed by atoms with van der Waals surface area (Å²) < 4.78 is 13.9. The molecule has 0 saturated carbocycles. The van der Waals surface area contributed by atoms with E-state index in [1.54, 1.807) is 14.2 Å². The van der Waals surface area contributed by atoms with Crippen molar-refractivity contribution < 1.29 is 29.0 Å². The SMILES string of the molecule is COc1c(C(C)(C)C)cc(-c2c3nc(c(Br)c4ccc([n-]4)c(-c4cc(C(C)(C)C)c(OC)c(C(C)(C)C)c4)c4nc(c(Br)c5ccc2[n-]5)C=C4)C=C3)cc1C(C)(C)C.[Zn+2]. The van der Waals surface area contributed by atoms with Gasteiger partial charge in [-0.3, -0.25) is 0 Å². The maximum atomic E-state index is 6.15. The second-order valence-corrected chi connectivity index (χ2v) is 21.0. The third-order valence-corrected chi connectivity index (χ3v) is 12.5. The maximum Gasteiger partial charge on any atom is 2.00 e. The molecule has 0 amide bonds. The van der Waals surface area contributed by atoms with Crippen LogP contribution in [-0.4, -0.2) is 24.2 Å². The minimum absolute atomic E-state index is 0. The molecule has 8 bridgehead atoms. The molecule has 7 rings (SSSR count). The second kappa shape index (κ2) is 15.9. The predicted octanol–water partition coefficient (Wildman–Crippen LogP) is 14.0. The zero-order chi connectivity index (χ0) is 42.3. The Hall–Kier alpha value is -3.78. The Morgan fingerprint density at radius 1 is 0.441 bits per heavy atom. The summed E-state index contributed by atoms with van der Waals surface area (Å²) in [6.45, 7) is 26.8. The summed E-state index contributed by atoms with van der Waals surface area (Å²) in [5, 5.41) is 0. The Labute approximate surface area is 379 Å². The quantitative estimate of drug-likeness (QED) is 0.164. The van der Waals surface area contributed by atoms with Crippen LogP contribution in [0.25, 0.3) is 68.6 Å². The Kier molecular flexibility index (Phi) is 12.1. The molecule has 3 aromatic heterocycles. The number of ether oxygens (including phenoxy) is 2. The van der Waals surface area contributed by atoms with E-state index >= 15 is 0 Å². The summed E-state index contributed by atoms with van der Waals surface area (Å²) in [5.41, 5.74) is 14.2. The summed E-state index contributed by atoms with van der Waals surface area (Å²) in [6.07, 6.45) is 8.28. The molecule has 6 nitrogen and oxygen atoms in total. The minimum atomic E-state index is -0.185. The van der Waals surface area contributed by atoms with E-state index in [1.807, 2.05) is 0 Å². The largest absolute Gasteiger partial charge is 2.00 e. The van der Waals surface area contributed by atoms with Gasteiger partial charge in [0.25, 0.3) is 0 Å². The summed E-state index contributed by atoms with van der Waals surface area (Å²) in [5.74, 6) is 1.84. The van der Waals surface area contributed by atoms with Crippen molar-refractivity contribution in [2.45, 2.75) is 105 Å². The standard InChI is InChI=1S/C50H54Br2N4O2.Zn/c1-47(2,3)29-23-27(24-30(45(29)57-13)48(4,5)6)41-33-15-19-37(53-33)43(51)39-21-17-35(55-39)42(36-18-22-40(56-36)44(52)38-20-16-34(41)54-38)28-25-31(49(7,8)9)46(58-14)32(26-28)50(10,11)12;/h15-26H,1-14H3;/q-2;+2. The molecule has 59 heavy (non-hydrogen) atoms. The van der Waals surface area contributed by atoms with Crippen LogP contribution in [0, 0.1) is 0 Å². The zero-order valence-corrected chi connectivity index (χ0v) is 43.1. The van der Waals surface area contributed by atoms with Gasteiger partial charge >= 0.3 is 19.5 Å². The molecule has 0 N–H and O–H groups in total. The van der Waals surface area contributed by atoms with Crippen LogP contribution in [0.5, 0.6) is 11.5 Å². The predicted molar refractivity (Wildman–Crippen MR) is 251 cm³/mol. The van der Waals surface area contributed by atoms with Gasteiger partial charge < -0.3 is 19.4 Å². The molecule has 2 aliphatic rings. The van der Waals surface area contributed by atoms with E-state index in [9.17, 15) is 0 Å². The van der Waals surface area contributed by atoms with Gasteiger partial charge in [-0.1, -0.05) is 107 Å². The average Bonchev–Trinajstić information content (AvgIpc) is 3.97. The molecule has 302 valence electrons. The van der Waals surface area contributed by atoms with Crippen molar-refractivity contribution in [2.24, 2.45) is 0 Å². The topological polar surface area (TPSA) is 72.4 Å². The number of halogens is 2. The first-order valence-corrected chi connectivity index (χ1v) is 21.4. The van der Waals surface area contributed by atoms with Crippen LogP contribution in [-0.2, 0) is 41.1 Å². The van der Waals surface area contributed by atoms with Gasteiger partial charge in [-0.2, -0.15) is 0 Å². The van der Waals surface area contributed by atoms with Crippen molar-refractivity contribution in [3.8, 4) is 33.8 Å². The molecule has 0 fully saturated rings. The third-order valence-electron chi connectivity index (χ3n) is 10.9. The van der Waals surface area contributed by atoms with Gasteiger partial charge in [-0.15, -0.1) is 22.1 Å². The second-order valence-electron chi connectivity index (χ2n) is 19.4. The molecule has 0 radical (unpaired) electrons. The third kappa shape index (κ3) is 8.46. The molecule has 5 aromatic rings. The fraction of sp³-hybridized carbons (Fsp3) is 0.360. The van der Waals surface area contributed by atoms with Crippen LogP contribution < -0.4 is 19.4 Å². The molecule has 2 aliphatic heterocycles. The van der Waals surface area contributed by atoms with Crippen LogP contribution in [0.15, 0.2) is 57.5 Å². The maximum absolute atomic E-state index is 6.15. The Balaban J connectivity index is 0.00000585. The van der Waals surface area contributed by atoms with Crippen LogP contribution in [0.4, 0.5) is 0 Å². The molecule has 0 spiro atoms. The molecule has 9 heteroatoms. The minimum Gasteiger partial charge on any atom is -0.656 e. The Bertz CT molecular complexity index is 2450. The Morgan fingerprint density at radius 3 is 0.983 bits per heavy atom. The molecular weight excluding hydrogens is 914 g/mol. The van der Waals surface area contributed by atoms with E-state index in [1.165, 1.54) is 0 Å². The van der Waals surface area contributed by atoms with E-state index < -0.39 is 0 Å². The number of rotatable bonds is 4.